The Hall–Kier alpha value is -4.05. The van der Waals surface area contributed by atoms with Gasteiger partial charge in [0.05, 0.1) is 36.0 Å². The number of hydrogen-bond acceptors (Lipinski definition) is 5. The Bertz CT molecular complexity index is 1700. The van der Waals surface area contributed by atoms with Crippen LogP contribution in [0, 0.1) is 5.82 Å². The molecule has 0 aliphatic carbocycles. The first-order valence-electron chi connectivity index (χ1n) is 13.2. The number of aliphatic hydroxyl groups excluding tert-OH is 2. The van der Waals surface area contributed by atoms with Crippen LogP contribution in [0.4, 0.5) is 4.39 Å². The van der Waals surface area contributed by atoms with E-state index in [9.17, 15) is 19.4 Å². The molecule has 206 valence electrons. The largest absolute Gasteiger partial charge is 0.388 e. The van der Waals surface area contributed by atoms with Gasteiger partial charge in [-0.25, -0.2) is 4.39 Å². The number of carbonyl (C=O) groups is 1. The summed E-state index contributed by atoms with van der Waals surface area (Å²) in [5.74, 6) is -0.552. The van der Waals surface area contributed by atoms with Crippen molar-refractivity contribution < 1.29 is 24.1 Å². The molecule has 0 spiro atoms. The number of hydrogen-bond donors (Lipinski definition) is 3. The van der Waals surface area contributed by atoms with Crippen LogP contribution in [-0.4, -0.2) is 74.8 Å². The van der Waals surface area contributed by atoms with Gasteiger partial charge in [-0.15, -0.1) is 0 Å². The smallest absolute Gasteiger partial charge is 0.254 e. The highest BCUT2D eigenvalue weighted by Gasteiger charge is 2.34. The lowest BCUT2D eigenvalue weighted by atomic mass is 9.84. The minimum atomic E-state index is -0.939. The Morgan fingerprint density at radius 1 is 1.07 bits per heavy atom. The predicted octanol–water partition coefficient (Wildman–Crippen LogP) is 4.41. The van der Waals surface area contributed by atoms with Crippen LogP contribution < -0.4 is 0 Å². The van der Waals surface area contributed by atoms with Crippen molar-refractivity contribution in [1.82, 2.24) is 19.7 Å². The average Bonchev–Trinajstić information content (AvgIpc) is 3.63. The molecule has 3 heterocycles. The Morgan fingerprint density at radius 2 is 1.75 bits per heavy atom. The Balaban J connectivity index is 1.57. The summed E-state index contributed by atoms with van der Waals surface area (Å²) in [5, 5.41) is 29.0. The van der Waals surface area contributed by atoms with Crippen LogP contribution in [0.15, 0.2) is 66.9 Å². The SMILES string of the molecule is COCC(C)(C)c1c(-c2ccc(C(=O)N3C[C@H](O)[C@@H](O)C3)cc2)c2cc3[nH]ncc3cc2n1-c1ccc(F)cc1. The van der Waals surface area contributed by atoms with E-state index in [1.54, 1.807) is 37.6 Å². The van der Waals surface area contributed by atoms with Gasteiger partial charge in [0.1, 0.15) is 5.82 Å². The quantitative estimate of drug-likeness (QED) is 0.295. The van der Waals surface area contributed by atoms with Crippen LogP contribution in [0.1, 0.15) is 29.9 Å². The van der Waals surface area contributed by atoms with Crippen molar-refractivity contribution >= 4 is 27.7 Å². The summed E-state index contributed by atoms with van der Waals surface area (Å²) in [6, 6.07) is 18.0. The topological polar surface area (TPSA) is 104 Å². The number of H-pyrrole nitrogens is 1. The van der Waals surface area contributed by atoms with E-state index in [-0.39, 0.29) is 24.8 Å². The molecule has 0 bridgehead atoms. The van der Waals surface area contributed by atoms with Gasteiger partial charge in [-0.3, -0.25) is 9.89 Å². The zero-order valence-electron chi connectivity index (χ0n) is 22.6. The van der Waals surface area contributed by atoms with Crippen molar-refractivity contribution in [3.05, 3.63) is 83.9 Å². The van der Waals surface area contributed by atoms with Gasteiger partial charge in [-0.2, -0.15) is 5.10 Å². The third kappa shape index (κ3) is 4.36. The number of methoxy groups -OCH3 is 1. The number of β-amino-alcohol motifs (C(OH)–C–C–N with tert-alkyl or cyclic N) is 2. The third-order valence-corrected chi connectivity index (χ3v) is 7.72. The summed E-state index contributed by atoms with van der Waals surface area (Å²) in [6.07, 6.45) is -0.0975. The number of nitrogens with zero attached hydrogens (tertiary/aromatic N) is 3. The molecule has 9 heteroatoms. The number of fused-ring (bicyclic) bond motifs is 2. The molecule has 6 rings (SSSR count). The van der Waals surface area contributed by atoms with E-state index >= 15 is 0 Å². The average molecular weight is 543 g/mol. The molecule has 2 aromatic heterocycles. The normalized spacial score (nSPS) is 17.8. The highest BCUT2D eigenvalue weighted by molar-refractivity contribution is 6.06. The van der Waals surface area contributed by atoms with E-state index in [2.05, 4.69) is 40.7 Å². The molecule has 1 fully saturated rings. The maximum atomic E-state index is 14.0. The number of rotatable bonds is 6. The minimum Gasteiger partial charge on any atom is -0.388 e. The molecule has 1 saturated heterocycles. The molecule has 1 aliphatic rings. The first kappa shape index (κ1) is 26.2. The van der Waals surface area contributed by atoms with Gasteiger partial charge >= 0.3 is 0 Å². The molecule has 0 saturated carbocycles. The van der Waals surface area contributed by atoms with Gasteiger partial charge in [0, 0.05) is 58.9 Å². The third-order valence-electron chi connectivity index (χ3n) is 7.72. The van der Waals surface area contributed by atoms with E-state index < -0.39 is 17.6 Å². The number of ether oxygens (including phenoxy) is 1. The Labute approximate surface area is 230 Å². The number of carbonyl (C=O) groups excluding carboxylic acids is 1. The fraction of sp³-hybridized carbons (Fsp3) is 0.290. The summed E-state index contributed by atoms with van der Waals surface area (Å²) in [6.45, 7) is 4.87. The molecule has 1 amide bonds. The zero-order valence-corrected chi connectivity index (χ0v) is 22.6. The number of amides is 1. The number of likely N-dealkylation sites (tertiary alicyclic amines) is 1. The van der Waals surface area contributed by atoms with Crippen LogP contribution in [0.3, 0.4) is 0 Å². The highest BCUT2D eigenvalue weighted by Crippen LogP contribution is 2.44. The molecule has 0 radical (unpaired) electrons. The van der Waals surface area contributed by atoms with Gasteiger partial charge in [0.2, 0.25) is 0 Å². The van der Waals surface area contributed by atoms with Gasteiger partial charge < -0.3 is 24.4 Å². The number of aromatic amines is 1. The van der Waals surface area contributed by atoms with Gasteiger partial charge in [0.25, 0.3) is 5.91 Å². The van der Waals surface area contributed by atoms with Crippen LogP contribution in [-0.2, 0) is 10.2 Å². The molecule has 3 aromatic carbocycles. The van der Waals surface area contributed by atoms with Gasteiger partial charge in [0.15, 0.2) is 0 Å². The molecular formula is C31H31FN4O4. The van der Waals surface area contributed by atoms with E-state index in [1.807, 2.05) is 12.1 Å². The van der Waals surface area contributed by atoms with Crippen LogP contribution >= 0.6 is 0 Å². The summed E-state index contributed by atoms with van der Waals surface area (Å²) >= 11 is 0. The molecule has 3 N–H and O–H groups in total. The number of nitrogens with one attached hydrogen (secondary N) is 1. The lowest BCUT2D eigenvalue weighted by Crippen LogP contribution is -2.29. The van der Waals surface area contributed by atoms with Crippen molar-refractivity contribution in [2.45, 2.75) is 31.5 Å². The van der Waals surface area contributed by atoms with Crippen molar-refractivity contribution in [3.63, 3.8) is 0 Å². The summed E-state index contributed by atoms with van der Waals surface area (Å²) in [7, 11) is 1.67. The molecule has 0 unspecified atom stereocenters. The Kier molecular flexibility index (Phi) is 6.45. The summed E-state index contributed by atoms with van der Waals surface area (Å²) in [5.41, 5.74) is 5.53. The fourth-order valence-corrected chi connectivity index (χ4v) is 5.84. The van der Waals surface area contributed by atoms with Crippen LogP contribution in [0.2, 0.25) is 0 Å². The maximum Gasteiger partial charge on any atom is 0.254 e. The van der Waals surface area contributed by atoms with E-state index in [0.717, 1.165) is 44.3 Å². The zero-order chi connectivity index (χ0) is 28.2. The monoisotopic (exact) mass is 542 g/mol. The second kappa shape index (κ2) is 9.85. The molecule has 2 atom stereocenters. The van der Waals surface area contributed by atoms with Crippen LogP contribution in [0.25, 0.3) is 38.6 Å². The highest BCUT2D eigenvalue weighted by atomic mass is 19.1. The van der Waals surface area contributed by atoms with Gasteiger partial charge in [-0.1, -0.05) is 26.0 Å². The second-order valence-corrected chi connectivity index (χ2v) is 11.1. The standard InChI is InChI=1S/C31H31FN4O4/c1-31(2,17-40-3)29-28(18-4-6-19(7-5-18)30(39)35-15-26(37)27(38)16-35)23-13-24-20(14-33-34-24)12-25(23)36(29)22-10-8-21(32)9-11-22/h4-14,26-27,37-38H,15-17H2,1-3H3,(H,33,34)/t26-,27-/m0/s1. The van der Waals surface area contributed by atoms with E-state index in [1.165, 1.54) is 17.0 Å². The predicted molar refractivity (Wildman–Crippen MR) is 151 cm³/mol. The van der Waals surface area contributed by atoms with Crippen molar-refractivity contribution in [2.75, 3.05) is 26.8 Å². The maximum absolute atomic E-state index is 14.0. The molecule has 1 aliphatic heterocycles. The first-order chi connectivity index (χ1) is 19.2. The fourth-order valence-electron chi connectivity index (χ4n) is 5.84. The molecular weight excluding hydrogens is 511 g/mol. The van der Waals surface area contributed by atoms with Crippen LogP contribution in [0.5, 0.6) is 0 Å². The molecule has 40 heavy (non-hydrogen) atoms. The summed E-state index contributed by atoms with van der Waals surface area (Å²) in [4.78, 5) is 14.5. The summed E-state index contributed by atoms with van der Waals surface area (Å²) < 4.78 is 21.8. The number of halogens is 1. The molecule has 8 nitrogen and oxygen atoms in total. The number of aliphatic hydroxyl groups is 2. The van der Waals surface area contributed by atoms with Gasteiger partial charge in [-0.05, 0) is 54.1 Å². The molecule has 5 aromatic rings. The lowest BCUT2D eigenvalue weighted by Gasteiger charge is -2.28. The van der Waals surface area contributed by atoms with E-state index in [0.29, 0.717) is 12.2 Å². The first-order valence-corrected chi connectivity index (χ1v) is 13.2. The number of aromatic nitrogens is 3. The number of benzene rings is 3. The lowest BCUT2D eigenvalue weighted by molar-refractivity contribution is 0.0572. The van der Waals surface area contributed by atoms with Crippen molar-refractivity contribution in [2.24, 2.45) is 0 Å². The van der Waals surface area contributed by atoms with E-state index in [4.69, 9.17) is 4.74 Å². The van der Waals surface area contributed by atoms with Crippen molar-refractivity contribution in [3.8, 4) is 16.8 Å². The minimum absolute atomic E-state index is 0.0996. The Morgan fingerprint density at radius 3 is 2.40 bits per heavy atom. The van der Waals surface area contributed by atoms with Crippen molar-refractivity contribution in [1.29, 1.82) is 0 Å². The second-order valence-electron chi connectivity index (χ2n) is 11.1.